The zero-order valence-electron chi connectivity index (χ0n) is 18.3. The van der Waals surface area contributed by atoms with Crippen molar-refractivity contribution in [3.8, 4) is 28.1 Å². The molecule has 0 fully saturated rings. The molecule has 0 atom stereocenters. The molecule has 5 aromatic rings. The van der Waals surface area contributed by atoms with Gasteiger partial charge in [0.1, 0.15) is 12.4 Å². The molecule has 0 unspecified atom stereocenters. The number of hydrogen-bond acceptors (Lipinski definition) is 3. The topological polar surface area (TPSA) is 39.4 Å². The maximum atomic E-state index is 13.9. The molecule has 2 heterocycles. The van der Waals surface area contributed by atoms with Crippen LogP contribution in [0.2, 0.25) is 0 Å². The standard InChI is InChI=1S/C27H20F3N3O/c1-18-7-5-6-10-21(18)17-34-22-13-11-20(12-14-22)24-15-25(27(28,29)30)33-26(32-24)23(16-31-33)19-8-3-2-4-9-19/h2-16H,17H2,1H3. The minimum atomic E-state index is -4.59. The van der Waals surface area contributed by atoms with E-state index in [-0.39, 0.29) is 11.3 Å². The highest BCUT2D eigenvalue weighted by molar-refractivity contribution is 5.79. The lowest BCUT2D eigenvalue weighted by Gasteiger charge is -2.12. The summed E-state index contributed by atoms with van der Waals surface area (Å²) in [5.41, 5.74) is 3.51. The molecule has 5 rings (SSSR count). The molecule has 0 aliphatic heterocycles. The van der Waals surface area contributed by atoms with Crippen LogP contribution in [0, 0.1) is 6.92 Å². The second-order valence-corrected chi connectivity index (χ2v) is 7.92. The Kier molecular flexibility index (Phi) is 5.53. The summed E-state index contributed by atoms with van der Waals surface area (Å²) in [6.07, 6.45) is -3.17. The fraction of sp³-hybridized carbons (Fsp3) is 0.111. The van der Waals surface area contributed by atoms with E-state index in [1.165, 1.54) is 6.20 Å². The van der Waals surface area contributed by atoms with Crippen molar-refractivity contribution in [2.24, 2.45) is 0 Å². The molecule has 0 amide bonds. The van der Waals surface area contributed by atoms with Gasteiger partial charge in [-0.3, -0.25) is 0 Å². The Morgan fingerprint density at radius 1 is 0.853 bits per heavy atom. The maximum Gasteiger partial charge on any atom is 0.433 e. The Morgan fingerprint density at radius 2 is 1.56 bits per heavy atom. The van der Waals surface area contributed by atoms with Crippen molar-refractivity contribution < 1.29 is 17.9 Å². The number of alkyl halides is 3. The first-order valence-electron chi connectivity index (χ1n) is 10.7. The van der Waals surface area contributed by atoms with Gasteiger partial charge < -0.3 is 4.74 Å². The van der Waals surface area contributed by atoms with Crippen molar-refractivity contribution in [1.82, 2.24) is 14.6 Å². The Morgan fingerprint density at radius 3 is 2.26 bits per heavy atom. The van der Waals surface area contributed by atoms with E-state index in [0.29, 0.717) is 23.5 Å². The summed E-state index contributed by atoms with van der Waals surface area (Å²) in [5.74, 6) is 0.624. The van der Waals surface area contributed by atoms with Crippen molar-refractivity contribution in [3.63, 3.8) is 0 Å². The van der Waals surface area contributed by atoms with E-state index in [1.54, 1.807) is 24.3 Å². The summed E-state index contributed by atoms with van der Waals surface area (Å²) in [6.45, 7) is 2.42. The number of ether oxygens (including phenoxy) is 1. The average Bonchev–Trinajstić information content (AvgIpc) is 3.27. The van der Waals surface area contributed by atoms with Gasteiger partial charge in [0.05, 0.1) is 11.9 Å². The van der Waals surface area contributed by atoms with Crippen LogP contribution in [-0.4, -0.2) is 14.6 Å². The molecule has 34 heavy (non-hydrogen) atoms. The van der Waals surface area contributed by atoms with Crippen molar-refractivity contribution in [2.45, 2.75) is 19.7 Å². The first kappa shape index (κ1) is 21.7. The number of benzene rings is 3. The van der Waals surface area contributed by atoms with Gasteiger partial charge in [-0.1, -0.05) is 54.6 Å². The van der Waals surface area contributed by atoms with Crippen LogP contribution in [-0.2, 0) is 12.8 Å². The van der Waals surface area contributed by atoms with Crippen LogP contribution in [0.3, 0.4) is 0 Å². The Hall–Kier alpha value is -4.13. The van der Waals surface area contributed by atoms with Gasteiger partial charge in [-0.2, -0.15) is 18.3 Å². The smallest absolute Gasteiger partial charge is 0.433 e. The monoisotopic (exact) mass is 459 g/mol. The van der Waals surface area contributed by atoms with E-state index in [2.05, 4.69) is 10.1 Å². The third kappa shape index (κ3) is 4.24. The van der Waals surface area contributed by atoms with Gasteiger partial charge >= 0.3 is 6.18 Å². The summed E-state index contributed by atoms with van der Waals surface area (Å²) in [4.78, 5) is 4.55. The molecule has 2 aromatic heterocycles. The zero-order chi connectivity index (χ0) is 23.7. The molecular formula is C27H20F3N3O. The molecule has 0 bridgehead atoms. The molecule has 4 nitrogen and oxygen atoms in total. The molecule has 0 aliphatic carbocycles. The molecule has 0 saturated heterocycles. The van der Waals surface area contributed by atoms with Crippen LogP contribution in [0.4, 0.5) is 13.2 Å². The highest BCUT2D eigenvalue weighted by atomic mass is 19.4. The predicted molar refractivity (Wildman–Crippen MR) is 124 cm³/mol. The lowest BCUT2D eigenvalue weighted by atomic mass is 10.1. The van der Waals surface area contributed by atoms with Gasteiger partial charge in [0.25, 0.3) is 0 Å². The molecule has 3 aromatic carbocycles. The number of aryl methyl sites for hydroxylation is 1. The van der Waals surface area contributed by atoms with E-state index in [9.17, 15) is 13.2 Å². The van der Waals surface area contributed by atoms with Crippen LogP contribution in [0.25, 0.3) is 28.0 Å². The van der Waals surface area contributed by atoms with E-state index in [1.807, 2.05) is 61.5 Å². The van der Waals surface area contributed by atoms with E-state index < -0.39 is 11.9 Å². The highest BCUT2D eigenvalue weighted by Crippen LogP contribution is 2.35. The van der Waals surface area contributed by atoms with E-state index >= 15 is 0 Å². The summed E-state index contributed by atoms with van der Waals surface area (Å²) in [6, 6.07) is 25.0. The Labute approximate surface area is 194 Å². The quantitative estimate of drug-likeness (QED) is 0.285. The largest absolute Gasteiger partial charge is 0.489 e. The van der Waals surface area contributed by atoms with Gasteiger partial charge in [0, 0.05) is 11.1 Å². The summed E-state index contributed by atoms with van der Waals surface area (Å²) < 4.78 is 48.3. The second-order valence-electron chi connectivity index (χ2n) is 7.92. The first-order valence-corrected chi connectivity index (χ1v) is 10.7. The lowest BCUT2D eigenvalue weighted by molar-refractivity contribution is -0.142. The van der Waals surface area contributed by atoms with Gasteiger partial charge in [-0.25, -0.2) is 9.50 Å². The number of halogens is 3. The molecule has 0 aliphatic rings. The normalized spacial score (nSPS) is 11.6. The maximum absolute atomic E-state index is 13.9. The van der Waals surface area contributed by atoms with Crippen LogP contribution >= 0.6 is 0 Å². The molecule has 0 N–H and O–H groups in total. The number of aromatic nitrogens is 3. The van der Waals surface area contributed by atoms with E-state index in [0.717, 1.165) is 27.3 Å². The summed E-state index contributed by atoms with van der Waals surface area (Å²) in [7, 11) is 0. The predicted octanol–water partition coefficient (Wildman–Crippen LogP) is 6.97. The van der Waals surface area contributed by atoms with Gasteiger partial charge in [0.2, 0.25) is 0 Å². The molecule has 0 saturated carbocycles. The van der Waals surface area contributed by atoms with Crippen LogP contribution in [0.15, 0.2) is 91.1 Å². The summed E-state index contributed by atoms with van der Waals surface area (Å²) >= 11 is 0. The lowest BCUT2D eigenvalue weighted by Crippen LogP contribution is -2.13. The van der Waals surface area contributed by atoms with Gasteiger partial charge in [0.15, 0.2) is 11.3 Å². The fourth-order valence-corrected chi connectivity index (χ4v) is 3.79. The fourth-order valence-electron chi connectivity index (χ4n) is 3.79. The van der Waals surface area contributed by atoms with Crippen molar-refractivity contribution in [1.29, 1.82) is 0 Å². The number of nitrogens with zero attached hydrogens (tertiary/aromatic N) is 3. The third-order valence-corrected chi connectivity index (χ3v) is 5.65. The average molecular weight is 459 g/mol. The highest BCUT2D eigenvalue weighted by Gasteiger charge is 2.35. The molecule has 7 heteroatoms. The minimum absolute atomic E-state index is 0.149. The minimum Gasteiger partial charge on any atom is -0.489 e. The number of rotatable bonds is 5. The van der Waals surface area contributed by atoms with E-state index in [4.69, 9.17) is 4.74 Å². The Bertz CT molecular complexity index is 1440. The SMILES string of the molecule is Cc1ccccc1COc1ccc(-c2cc(C(F)(F)F)n3ncc(-c4ccccc4)c3n2)cc1. The van der Waals surface area contributed by atoms with Crippen molar-refractivity contribution >= 4 is 5.65 Å². The van der Waals surface area contributed by atoms with Crippen molar-refractivity contribution in [2.75, 3.05) is 0 Å². The van der Waals surface area contributed by atoms with Crippen LogP contribution in [0.5, 0.6) is 5.75 Å². The summed E-state index contributed by atoms with van der Waals surface area (Å²) in [5, 5.41) is 3.98. The number of hydrogen-bond donors (Lipinski definition) is 0. The molecule has 170 valence electrons. The van der Waals surface area contributed by atoms with Gasteiger partial charge in [-0.05, 0) is 53.9 Å². The second kappa shape index (κ2) is 8.67. The molecular weight excluding hydrogens is 439 g/mol. The zero-order valence-corrected chi connectivity index (χ0v) is 18.3. The third-order valence-electron chi connectivity index (χ3n) is 5.65. The first-order chi connectivity index (χ1) is 16.4. The molecule has 0 radical (unpaired) electrons. The number of fused-ring (bicyclic) bond motifs is 1. The van der Waals surface area contributed by atoms with Gasteiger partial charge in [-0.15, -0.1) is 0 Å². The molecule has 0 spiro atoms. The van der Waals surface area contributed by atoms with Crippen LogP contribution in [0.1, 0.15) is 16.8 Å². The van der Waals surface area contributed by atoms with Crippen LogP contribution < -0.4 is 4.74 Å². The van der Waals surface area contributed by atoms with Crippen molar-refractivity contribution in [3.05, 3.63) is 108 Å². The Balaban J connectivity index is 1.51.